The van der Waals surface area contributed by atoms with Gasteiger partial charge in [-0.2, -0.15) is 0 Å². The van der Waals surface area contributed by atoms with E-state index >= 15 is 0 Å². The van der Waals surface area contributed by atoms with E-state index in [0.717, 1.165) is 0 Å². The smallest absolute Gasteiger partial charge is 0.129 e. The first kappa shape index (κ1) is 7.40. The Morgan fingerprint density at radius 1 is 1.86 bits per heavy atom. The molecule has 0 aliphatic rings. The molecule has 7 heavy (non-hydrogen) atoms. The van der Waals surface area contributed by atoms with Crippen LogP contribution in [0.15, 0.2) is 12.7 Å². The monoisotopic (exact) mass is 214 g/mol. The summed E-state index contributed by atoms with van der Waals surface area (Å²) in [7, 11) is 0. The van der Waals surface area contributed by atoms with Crippen molar-refractivity contribution in [2.24, 2.45) is 0 Å². The van der Waals surface area contributed by atoms with E-state index in [1.807, 2.05) is 29.5 Å². The average Bonchev–Trinajstić information content (AvgIpc) is 1.65. The van der Waals surface area contributed by atoms with Crippen LogP contribution in [0.5, 0.6) is 0 Å². The summed E-state index contributed by atoms with van der Waals surface area (Å²) in [6.07, 6.45) is 0.470. The molecule has 2 heteroatoms. The number of halogens is 2. The minimum absolute atomic E-state index is 0.0510. The lowest BCUT2D eigenvalue weighted by Crippen LogP contribution is -2.06. The second-order valence-electron chi connectivity index (χ2n) is 1.36. The molecule has 0 aromatic rings. The third-order valence-corrected chi connectivity index (χ3v) is 1.35. The molecule has 0 N–H and O–H groups in total. The maximum Gasteiger partial charge on any atom is 0.129 e. The number of hydrogen-bond donors (Lipinski definition) is 0. The molecule has 0 saturated carbocycles. The van der Waals surface area contributed by atoms with Gasteiger partial charge in [-0.3, -0.25) is 0 Å². The van der Waals surface area contributed by atoms with Gasteiger partial charge in [0.15, 0.2) is 0 Å². The SMILES string of the molecule is C=CC(F)C(C)I. The zero-order valence-electron chi connectivity index (χ0n) is 4.20. The molecule has 0 amide bonds. The van der Waals surface area contributed by atoms with Gasteiger partial charge in [0.1, 0.15) is 6.17 Å². The first-order valence-electron chi connectivity index (χ1n) is 2.09. The van der Waals surface area contributed by atoms with Gasteiger partial charge < -0.3 is 0 Å². The van der Waals surface area contributed by atoms with Crippen LogP contribution in [0.2, 0.25) is 0 Å². The predicted octanol–water partition coefficient (Wildman–Crippen LogP) is 2.33. The first-order chi connectivity index (χ1) is 3.18. The van der Waals surface area contributed by atoms with Crippen molar-refractivity contribution in [1.82, 2.24) is 0 Å². The summed E-state index contributed by atoms with van der Waals surface area (Å²) in [5.41, 5.74) is 0. The number of hydrogen-bond acceptors (Lipinski definition) is 0. The lowest BCUT2D eigenvalue weighted by atomic mass is 10.3. The van der Waals surface area contributed by atoms with Gasteiger partial charge in [-0.05, 0) is 0 Å². The fourth-order valence-corrected chi connectivity index (χ4v) is 0.481. The largest absolute Gasteiger partial charge is 0.242 e. The van der Waals surface area contributed by atoms with Crippen molar-refractivity contribution < 1.29 is 4.39 Å². The van der Waals surface area contributed by atoms with E-state index < -0.39 is 6.17 Å². The Kier molecular flexibility index (Phi) is 3.60. The summed E-state index contributed by atoms with van der Waals surface area (Å²) in [5, 5.41) is 0. The van der Waals surface area contributed by atoms with Crippen LogP contribution in [0.1, 0.15) is 6.92 Å². The molecule has 0 aromatic carbocycles. The predicted molar refractivity (Wildman–Crippen MR) is 38.6 cm³/mol. The number of alkyl halides is 2. The van der Waals surface area contributed by atoms with Crippen molar-refractivity contribution in [2.45, 2.75) is 17.0 Å². The van der Waals surface area contributed by atoms with Crippen molar-refractivity contribution in [2.75, 3.05) is 0 Å². The molecule has 2 atom stereocenters. The number of rotatable bonds is 2. The lowest BCUT2D eigenvalue weighted by molar-refractivity contribution is 0.406. The van der Waals surface area contributed by atoms with Crippen LogP contribution in [0.25, 0.3) is 0 Å². The Bertz CT molecular complexity index is 61.1. The van der Waals surface area contributed by atoms with Crippen molar-refractivity contribution in [3.8, 4) is 0 Å². The second-order valence-corrected chi connectivity index (χ2v) is 3.32. The fraction of sp³-hybridized carbons (Fsp3) is 0.600. The summed E-state index contributed by atoms with van der Waals surface area (Å²) < 4.78 is 12.2. The molecule has 0 bridgehead atoms. The standard InChI is InChI=1S/C5H8FI/c1-3-5(6)4(2)7/h3-5H,1H2,2H3. The van der Waals surface area contributed by atoms with E-state index in [-0.39, 0.29) is 3.92 Å². The van der Waals surface area contributed by atoms with Gasteiger partial charge in [-0.15, -0.1) is 6.58 Å². The molecular weight excluding hydrogens is 206 g/mol. The lowest BCUT2D eigenvalue weighted by Gasteiger charge is -2.01. The minimum atomic E-state index is -0.847. The van der Waals surface area contributed by atoms with E-state index in [1.165, 1.54) is 6.08 Å². The highest BCUT2D eigenvalue weighted by molar-refractivity contribution is 14.1. The van der Waals surface area contributed by atoms with Crippen molar-refractivity contribution in [3.05, 3.63) is 12.7 Å². The molecule has 0 rings (SSSR count). The molecule has 0 saturated heterocycles. The molecule has 42 valence electrons. The molecular formula is C5H8FI. The highest BCUT2D eigenvalue weighted by atomic mass is 127. The maximum atomic E-state index is 12.1. The summed E-state index contributed by atoms with van der Waals surface area (Å²) in [4.78, 5) is 0. The van der Waals surface area contributed by atoms with Gasteiger partial charge in [-0.25, -0.2) is 4.39 Å². The molecule has 0 aliphatic carbocycles. The first-order valence-corrected chi connectivity index (χ1v) is 3.33. The highest BCUT2D eigenvalue weighted by Gasteiger charge is 2.05. The molecule has 0 nitrogen and oxygen atoms in total. The van der Waals surface area contributed by atoms with Crippen LogP contribution in [0.4, 0.5) is 4.39 Å². The zero-order chi connectivity index (χ0) is 5.86. The Morgan fingerprint density at radius 3 is 2.29 bits per heavy atom. The zero-order valence-corrected chi connectivity index (χ0v) is 6.35. The second kappa shape index (κ2) is 3.41. The summed E-state index contributed by atoms with van der Waals surface area (Å²) in [6, 6.07) is 0. The third kappa shape index (κ3) is 3.02. The van der Waals surface area contributed by atoms with Gasteiger partial charge in [0.2, 0.25) is 0 Å². The molecule has 0 aliphatic heterocycles. The summed E-state index contributed by atoms with van der Waals surface area (Å²) in [6.45, 7) is 5.11. The third-order valence-electron chi connectivity index (χ3n) is 0.664. The maximum absolute atomic E-state index is 12.1. The van der Waals surface area contributed by atoms with E-state index in [4.69, 9.17) is 0 Å². The normalized spacial score (nSPS) is 18.1. The van der Waals surface area contributed by atoms with Crippen LogP contribution in [0, 0.1) is 0 Å². The van der Waals surface area contributed by atoms with E-state index in [2.05, 4.69) is 6.58 Å². The van der Waals surface area contributed by atoms with Gasteiger partial charge in [-0.1, -0.05) is 35.6 Å². The summed E-state index contributed by atoms with van der Waals surface area (Å²) >= 11 is 2.02. The molecule has 0 fully saturated rings. The average molecular weight is 214 g/mol. The van der Waals surface area contributed by atoms with Crippen molar-refractivity contribution >= 4 is 22.6 Å². The Morgan fingerprint density at radius 2 is 2.29 bits per heavy atom. The van der Waals surface area contributed by atoms with Crippen LogP contribution in [-0.4, -0.2) is 10.1 Å². The van der Waals surface area contributed by atoms with E-state index in [9.17, 15) is 4.39 Å². The highest BCUT2D eigenvalue weighted by Crippen LogP contribution is 2.08. The van der Waals surface area contributed by atoms with Crippen LogP contribution < -0.4 is 0 Å². The van der Waals surface area contributed by atoms with E-state index in [0.29, 0.717) is 0 Å². The topological polar surface area (TPSA) is 0 Å². The molecule has 2 unspecified atom stereocenters. The van der Waals surface area contributed by atoms with Crippen LogP contribution in [-0.2, 0) is 0 Å². The quantitative estimate of drug-likeness (QED) is 0.376. The molecule has 0 heterocycles. The Hall–Kier alpha value is 0.400. The van der Waals surface area contributed by atoms with Crippen LogP contribution >= 0.6 is 22.6 Å². The Labute approximate surface area is 56.9 Å². The van der Waals surface area contributed by atoms with Gasteiger partial charge in [0.25, 0.3) is 0 Å². The minimum Gasteiger partial charge on any atom is -0.242 e. The Balaban J connectivity index is 3.33. The fourth-order valence-electron chi connectivity index (χ4n) is 0.188. The van der Waals surface area contributed by atoms with Gasteiger partial charge >= 0.3 is 0 Å². The molecule has 0 spiro atoms. The van der Waals surface area contributed by atoms with Crippen molar-refractivity contribution in [1.29, 1.82) is 0 Å². The van der Waals surface area contributed by atoms with Gasteiger partial charge in [0, 0.05) is 3.92 Å². The van der Waals surface area contributed by atoms with E-state index in [1.54, 1.807) is 0 Å². The van der Waals surface area contributed by atoms with Gasteiger partial charge in [0.05, 0.1) is 0 Å². The van der Waals surface area contributed by atoms with Crippen LogP contribution in [0.3, 0.4) is 0 Å². The number of allylic oxidation sites excluding steroid dienone is 1. The molecule has 0 aromatic heterocycles. The summed E-state index contributed by atoms with van der Waals surface area (Å²) in [5.74, 6) is 0. The van der Waals surface area contributed by atoms with Crippen molar-refractivity contribution in [3.63, 3.8) is 0 Å². The molecule has 0 radical (unpaired) electrons.